The molecule has 3 aliphatic carbocycles. The lowest BCUT2D eigenvalue weighted by Crippen LogP contribution is -2.72. The summed E-state index contributed by atoms with van der Waals surface area (Å²) < 4.78 is 0.686. The van der Waals surface area contributed by atoms with Gasteiger partial charge in [-0.2, -0.15) is 0 Å². The zero-order valence-corrected chi connectivity index (χ0v) is 20.2. The van der Waals surface area contributed by atoms with Gasteiger partial charge in [0.1, 0.15) is 23.4 Å². The molecule has 0 saturated heterocycles. The summed E-state index contributed by atoms with van der Waals surface area (Å²) in [5, 5.41) is 66.4. The summed E-state index contributed by atoms with van der Waals surface area (Å²) in [4.78, 5) is 27.2. The Labute approximate surface area is 202 Å². The SMILES string of the molecule is CC1c2c(I)ccc(O)c2C(O)=C2C(=O)C3(O)C(O)C(C(N)=O)=C(O)C(N(C)C)C3C(O)C21. The van der Waals surface area contributed by atoms with E-state index in [0.717, 1.165) is 0 Å². The number of aliphatic hydroxyl groups excluding tert-OH is 4. The number of halogens is 1. The Morgan fingerprint density at radius 1 is 1.18 bits per heavy atom. The van der Waals surface area contributed by atoms with Crippen LogP contribution in [0.15, 0.2) is 29.0 Å². The molecule has 1 aromatic carbocycles. The quantitative estimate of drug-likeness (QED) is 0.238. The van der Waals surface area contributed by atoms with Crippen LogP contribution in [0.25, 0.3) is 5.76 Å². The number of primary amides is 1. The number of amides is 1. The largest absolute Gasteiger partial charge is 0.510 e. The minimum absolute atomic E-state index is 0.00576. The van der Waals surface area contributed by atoms with Crippen molar-refractivity contribution in [3.63, 3.8) is 0 Å². The Hall–Kier alpha value is -2.19. The van der Waals surface area contributed by atoms with Gasteiger partial charge in [0.05, 0.1) is 23.3 Å². The number of fused-ring (bicyclic) bond motifs is 3. The molecule has 0 aliphatic heterocycles. The normalized spacial score (nSPS) is 35.9. The molecule has 4 rings (SSSR count). The lowest BCUT2D eigenvalue weighted by Gasteiger charge is -2.56. The van der Waals surface area contributed by atoms with Crippen molar-refractivity contribution in [3.8, 4) is 5.75 Å². The van der Waals surface area contributed by atoms with Crippen LogP contribution in [0.5, 0.6) is 5.75 Å². The van der Waals surface area contributed by atoms with Crippen molar-refractivity contribution in [2.45, 2.75) is 36.7 Å². The van der Waals surface area contributed by atoms with Crippen LogP contribution in [0.4, 0.5) is 0 Å². The first-order chi connectivity index (χ1) is 15.3. The zero-order valence-electron chi connectivity index (χ0n) is 18.0. The van der Waals surface area contributed by atoms with Crippen molar-refractivity contribution in [3.05, 3.63) is 43.7 Å². The molecule has 0 radical (unpaired) electrons. The topological polar surface area (TPSA) is 185 Å². The molecule has 1 saturated carbocycles. The van der Waals surface area contributed by atoms with Gasteiger partial charge in [-0.3, -0.25) is 14.5 Å². The molecule has 7 unspecified atom stereocenters. The third-order valence-electron chi connectivity index (χ3n) is 7.25. The summed E-state index contributed by atoms with van der Waals surface area (Å²) in [7, 11) is 3.02. The lowest BCUT2D eigenvalue weighted by molar-refractivity contribution is -0.190. The van der Waals surface area contributed by atoms with Crippen molar-refractivity contribution in [1.29, 1.82) is 0 Å². The van der Waals surface area contributed by atoms with Crippen molar-refractivity contribution in [2.75, 3.05) is 14.1 Å². The van der Waals surface area contributed by atoms with E-state index in [4.69, 9.17) is 5.73 Å². The minimum Gasteiger partial charge on any atom is -0.510 e. The lowest BCUT2D eigenvalue weighted by atomic mass is 9.53. The number of aliphatic hydroxyl groups is 5. The molecule has 10 nitrogen and oxygen atoms in total. The molecule has 1 aromatic rings. The molecule has 1 fully saturated rings. The van der Waals surface area contributed by atoms with Crippen LogP contribution < -0.4 is 5.73 Å². The van der Waals surface area contributed by atoms with Gasteiger partial charge >= 0.3 is 0 Å². The molecule has 7 atom stereocenters. The molecule has 33 heavy (non-hydrogen) atoms. The first-order valence-corrected chi connectivity index (χ1v) is 11.3. The van der Waals surface area contributed by atoms with E-state index in [1.807, 2.05) is 22.6 Å². The maximum atomic E-state index is 13.8. The predicted octanol–water partition coefficient (Wildman–Crippen LogP) is -0.108. The highest BCUT2D eigenvalue weighted by molar-refractivity contribution is 14.1. The van der Waals surface area contributed by atoms with Crippen LogP contribution in [0.2, 0.25) is 0 Å². The van der Waals surface area contributed by atoms with E-state index in [-0.39, 0.29) is 16.9 Å². The summed E-state index contributed by atoms with van der Waals surface area (Å²) >= 11 is 2.02. The molecule has 178 valence electrons. The highest BCUT2D eigenvalue weighted by Crippen LogP contribution is 2.56. The van der Waals surface area contributed by atoms with Crippen LogP contribution in [-0.2, 0) is 9.59 Å². The van der Waals surface area contributed by atoms with Gasteiger partial charge in [-0.05, 0) is 60.3 Å². The van der Waals surface area contributed by atoms with Gasteiger partial charge in [0.2, 0.25) is 0 Å². The highest BCUT2D eigenvalue weighted by atomic mass is 127. The number of likely N-dealkylation sites (N-methyl/N-ethyl adjacent to an activating group) is 1. The summed E-state index contributed by atoms with van der Waals surface area (Å²) in [6.07, 6.45) is -3.79. The maximum absolute atomic E-state index is 13.8. The molecule has 8 N–H and O–H groups in total. The van der Waals surface area contributed by atoms with Gasteiger partial charge < -0.3 is 36.4 Å². The molecular weight excluding hydrogens is 547 g/mol. The van der Waals surface area contributed by atoms with Crippen LogP contribution in [0.3, 0.4) is 0 Å². The van der Waals surface area contributed by atoms with E-state index in [9.17, 15) is 40.2 Å². The third-order valence-corrected chi connectivity index (χ3v) is 8.19. The first kappa shape index (κ1) is 24.0. The van der Waals surface area contributed by atoms with Crippen molar-refractivity contribution in [2.24, 2.45) is 17.6 Å². The van der Waals surface area contributed by atoms with Gasteiger partial charge in [-0.15, -0.1) is 0 Å². The van der Waals surface area contributed by atoms with E-state index >= 15 is 0 Å². The van der Waals surface area contributed by atoms with E-state index in [1.54, 1.807) is 13.0 Å². The monoisotopic (exact) mass is 572 g/mol. The number of hydrogen-bond acceptors (Lipinski definition) is 9. The number of phenols is 1. The predicted molar refractivity (Wildman–Crippen MR) is 124 cm³/mol. The number of ketones is 1. The van der Waals surface area contributed by atoms with Gasteiger partial charge in [0, 0.05) is 21.0 Å². The molecule has 0 heterocycles. The second kappa shape index (κ2) is 7.67. The fourth-order valence-corrected chi connectivity index (χ4v) is 6.77. The Morgan fingerprint density at radius 3 is 2.33 bits per heavy atom. The van der Waals surface area contributed by atoms with Gasteiger partial charge in [0.25, 0.3) is 5.91 Å². The van der Waals surface area contributed by atoms with Gasteiger partial charge in [-0.1, -0.05) is 6.92 Å². The fourth-order valence-electron chi connectivity index (χ4n) is 5.83. The van der Waals surface area contributed by atoms with Crippen molar-refractivity contribution < 1.29 is 40.2 Å². The molecule has 0 bridgehead atoms. The summed E-state index contributed by atoms with van der Waals surface area (Å²) in [6, 6.07) is 1.76. The molecule has 11 heteroatoms. The third kappa shape index (κ3) is 2.92. The Bertz CT molecular complexity index is 1150. The number of nitrogens with two attached hydrogens (primary N) is 1. The Balaban J connectivity index is 2.05. The molecular formula is C22H25IN2O8. The number of carbonyl (C=O) groups excluding carboxylic acids is 2. The number of benzene rings is 1. The molecule has 1 amide bonds. The minimum atomic E-state index is -2.78. The van der Waals surface area contributed by atoms with Crippen molar-refractivity contribution in [1.82, 2.24) is 4.90 Å². The summed E-state index contributed by atoms with van der Waals surface area (Å²) in [6.45, 7) is 1.72. The second-order valence-electron chi connectivity index (χ2n) is 9.08. The van der Waals surface area contributed by atoms with E-state index < -0.39 is 70.4 Å². The van der Waals surface area contributed by atoms with E-state index in [0.29, 0.717) is 9.13 Å². The smallest absolute Gasteiger partial charge is 0.250 e. The van der Waals surface area contributed by atoms with Crippen LogP contribution >= 0.6 is 22.6 Å². The number of nitrogens with zero attached hydrogens (tertiary/aromatic N) is 1. The summed E-state index contributed by atoms with van der Waals surface area (Å²) in [5.41, 5.74) is 1.98. The van der Waals surface area contributed by atoms with Gasteiger partial charge in [-0.25, -0.2) is 0 Å². The second-order valence-corrected chi connectivity index (χ2v) is 10.2. The molecule has 0 spiro atoms. The Kier molecular flexibility index (Phi) is 5.56. The highest BCUT2D eigenvalue weighted by Gasteiger charge is 2.68. The van der Waals surface area contributed by atoms with Gasteiger partial charge in [0.15, 0.2) is 11.4 Å². The number of Topliss-reactive ketones (excluding diaryl/α,β-unsaturated/α-hetero) is 1. The number of aromatic hydroxyl groups is 1. The standard InChI is InChI=1S/C22H25IN2O8/c1-6-9-7(23)4-5-8(26)11(9)16(27)12-10(6)17(28)14-15(25(2)3)18(29)13(21(24)32)20(31)22(14,33)19(12)30/h4-6,10,14-15,17,20,26-29,31,33H,1-3H3,(H2,24,32). The molecule has 3 aliphatic rings. The average Bonchev–Trinajstić information content (AvgIpc) is 2.72. The number of carbonyl (C=O) groups is 2. The van der Waals surface area contributed by atoms with Crippen molar-refractivity contribution >= 4 is 40.0 Å². The van der Waals surface area contributed by atoms with E-state index in [2.05, 4.69) is 0 Å². The average molecular weight is 572 g/mol. The van der Waals surface area contributed by atoms with Crippen LogP contribution in [0, 0.1) is 15.4 Å². The van der Waals surface area contributed by atoms with E-state index in [1.165, 1.54) is 25.1 Å². The number of hydrogen-bond donors (Lipinski definition) is 7. The fraction of sp³-hybridized carbons (Fsp3) is 0.455. The number of phenolic OH excluding ortho intramolecular Hbond substituents is 1. The molecule has 0 aromatic heterocycles. The first-order valence-electron chi connectivity index (χ1n) is 10.3. The van der Waals surface area contributed by atoms with Crippen LogP contribution in [0.1, 0.15) is 24.0 Å². The summed E-state index contributed by atoms with van der Waals surface area (Å²) in [5.74, 6) is -6.97. The number of rotatable bonds is 2. The zero-order chi connectivity index (χ0) is 24.7. The van der Waals surface area contributed by atoms with Crippen LogP contribution in [-0.4, -0.2) is 85.2 Å². The maximum Gasteiger partial charge on any atom is 0.250 e. The Morgan fingerprint density at radius 2 is 1.79 bits per heavy atom.